The predicted octanol–water partition coefficient (Wildman–Crippen LogP) is 3.38. The molecule has 3 rings (SSSR count). The van der Waals surface area contributed by atoms with Gasteiger partial charge in [-0.3, -0.25) is 14.4 Å². The number of hydrogen-bond donors (Lipinski definition) is 1. The van der Waals surface area contributed by atoms with Crippen LogP contribution < -0.4 is 10.6 Å². The molecule has 3 amide bonds. The number of imide groups is 1. The molecule has 2 N–H and O–H groups in total. The topological polar surface area (TPSA) is 83.7 Å². The first-order valence-electron chi connectivity index (χ1n) is 9.53. The summed E-state index contributed by atoms with van der Waals surface area (Å²) in [6.45, 7) is 1.74. The molecule has 0 spiro atoms. The van der Waals surface area contributed by atoms with Crippen molar-refractivity contribution in [3.8, 4) is 0 Å². The van der Waals surface area contributed by atoms with E-state index in [2.05, 4.69) is 0 Å². The molecule has 3 aromatic carbocycles. The summed E-state index contributed by atoms with van der Waals surface area (Å²) in [5.41, 5.74) is 8.26. The second-order valence-corrected chi connectivity index (χ2v) is 6.88. The first-order chi connectivity index (χ1) is 14.5. The van der Waals surface area contributed by atoms with Crippen LogP contribution in [0.15, 0.2) is 84.9 Å². The van der Waals surface area contributed by atoms with Crippen LogP contribution in [0.1, 0.15) is 18.1 Å². The molecule has 0 unspecified atom stereocenters. The summed E-state index contributed by atoms with van der Waals surface area (Å²) in [4.78, 5) is 40.8. The van der Waals surface area contributed by atoms with Crippen molar-refractivity contribution in [3.05, 3.63) is 96.1 Å². The molecular weight excluding hydrogens is 378 g/mol. The molecule has 0 aromatic heterocycles. The monoisotopic (exact) mass is 401 g/mol. The van der Waals surface area contributed by atoms with E-state index < -0.39 is 17.7 Å². The number of nitrogen functional groups attached to an aromatic ring is 1. The number of nitrogens with zero attached hydrogens (tertiary/aromatic N) is 2. The van der Waals surface area contributed by atoms with E-state index >= 15 is 0 Å². The highest BCUT2D eigenvalue weighted by Gasteiger charge is 2.31. The SMILES string of the molecule is CC(=O)N(C(=O)C(=O)N(Cc1ccccc1)Cc1ccccc1)c1ccc(N)cc1. The number of rotatable bonds is 5. The van der Waals surface area contributed by atoms with Crippen LogP contribution in [0.25, 0.3) is 0 Å². The minimum atomic E-state index is -0.904. The molecule has 0 atom stereocenters. The minimum Gasteiger partial charge on any atom is -0.399 e. The lowest BCUT2D eigenvalue weighted by Crippen LogP contribution is -2.47. The van der Waals surface area contributed by atoms with Crippen LogP contribution in [0.4, 0.5) is 11.4 Å². The van der Waals surface area contributed by atoms with Gasteiger partial charge in [0.2, 0.25) is 5.91 Å². The molecule has 0 bridgehead atoms. The highest BCUT2D eigenvalue weighted by molar-refractivity contribution is 6.45. The molecule has 0 fully saturated rings. The van der Waals surface area contributed by atoms with Crippen molar-refractivity contribution in [1.82, 2.24) is 4.90 Å². The number of amides is 3. The van der Waals surface area contributed by atoms with Crippen LogP contribution in [0.2, 0.25) is 0 Å². The number of benzene rings is 3. The molecule has 0 aliphatic carbocycles. The van der Waals surface area contributed by atoms with E-state index in [9.17, 15) is 14.4 Å². The van der Waals surface area contributed by atoms with Crippen LogP contribution in [0.3, 0.4) is 0 Å². The number of carbonyl (C=O) groups excluding carboxylic acids is 3. The molecule has 152 valence electrons. The fourth-order valence-corrected chi connectivity index (χ4v) is 3.10. The van der Waals surface area contributed by atoms with Gasteiger partial charge in [0.1, 0.15) is 0 Å². The summed E-state index contributed by atoms with van der Waals surface area (Å²) in [7, 11) is 0. The van der Waals surface area contributed by atoms with E-state index in [0.29, 0.717) is 11.4 Å². The Morgan fingerprint density at radius 1 is 0.700 bits per heavy atom. The van der Waals surface area contributed by atoms with Gasteiger partial charge in [-0.1, -0.05) is 60.7 Å². The fraction of sp³-hybridized carbons (Fsp3) is 0.125. The molecule has 0 aliphatic heterocycles. The summed E-state index contributed by atoms with van der Waals surface area (Å²) < 4.78 is 0. The number of carbonyl (C=O) groups is 3. The van der Waals surface area contributed by atoms with Gasteiger partial charge in [-0.15, -0.1) is 0 Å². The zero-order chi connectivity index (χ0) is 21.5. The molecule has 0 saturated carbocycles. The Balaban J connectivity index is 1.90. The van der Waals surface area contributed by atoms with Crippen molar-refractivity contribution in [3.63, 3.8) is 0 Å². The number of hydrogen-bond acceptors (Lipinski definition) is 4. The first-order valence-corrected chi connectivity index (χ1v) is 9.53. The van der Waals surface area contributed by atoms with Gasteiger partial charge in [0.15, 0.2) is 0 Å². The highest BCUT2D eigenvalue weighted by atomic mass is 16.2. The predicted molar refractivity (Wildman–Crippen MR) is 116 cm³/mol. The molecule has 0 heterocycles. The van der Waals surface area contributed by atoms with Gasteiger partial charge >= 0.3 is 11.8 Å². The first kappa shape index (κ1) is 20.8. The lowest BCUT2D eigenvalue weighted by Gasteiger charge is -2.26. The number of nitrogens with two attached hydrogens (primary N) is 1. The van der Waals surface area contributed by atoms with Crippen molar-refractivity contribution < 1.29 is 14.4 Å². The van der Waals surface area contributed by atoms with Crippen LogP contribution in [-0.2, 0) is 27.5 Å². The van der Waals surface area contributed by atoms with Gasteiger partial charge in [-0.2, -0.15) is 0 Å². The van der Waals surface area contributed by atoms with E-state index in [1.807, 2.05) is 60.7 Å². The summed E-state index contributed by atoms with van der Waals surface area (Å²) in [6.07, 6.45) is 0. The van der Waals surface area contributed by atoms with Crippen molar-refractivity contribution in [2.24, 2.45) is 0 Å². The van der Waals surface area contributed by atoms with Gasteiger partial charge in [-0.25, -0.2) is 4.90 Å². The van der Waals surface area contributed by atoms with E-state index in [1.54, 1.807) is 24.3 Å². The molecule has 30 heavy (non-hydrogen) atoms. The Labute approximate surface area is 175 Å². The van der Waals surface area contributed by atoms with Crippen molar-refractivity contribution in [2.75, 3.05) is 10.6 Å². The second-order valence-electron chi connectivity index (χ2n) is 6.88. The van der Waals surface area contributed by atoms with E-state index in [-0.39, 0.29) is 13.1 Å². The van der Waals surface area contributed by atoms with Crippen LogP contribution in [-0.4, -0.2) is 22.6 Å². The van der Waals surface area contributed by atoms with Gasteiger partial charge in [0.25, 0.3) is 0 Å². The third-order valence-corrected chi connectivity index (χ3v) is 4.57. The highest BCUT2D eigenvalue weighted by Crippen LogP contribution is 2.19. The summed E-state index contributed by atoms with van der Waals surface area (Å²) in [6, 6.07) is 25.1. The van der Waals surface area contributed by atoms with E-state index in [0.717, 1.165) is 16.0 Å². The van der Waals surface area contributed by atoms with Gasteiger partial charge < -0.3 is 10.6 Å². The van der Waals surface area contributed by atoms with Crippen LogP contribution in [0.5, 0.6) is 0 Å². The third kappa shape index (κ3) is 5.11. The average Bonchev–Trinajstić information content (AvgIpc) is 2.75. The third-order valence-electron chi connectivity index (χ3n) is 4.57. The maximum Gasteiger partial charge on any atom is 0.323 e. The maximum absolute atomic E-state index is 13.2. The quantitative estimate of drug-likeness (QED) is 0.525. The lowest BCUT2D eigenvalue weighted by atomic mass is 10.1. The second kappa shape index (κ2) is 9.52. The summed E-state index contributed by atoms with van der Waals surface area (Å²) >= 11 is 0. The summed E-state index contributed by atoms with van der Waals surface area (Å²) in [5, 5.41) is 0. The Kier molecular flexibility index (Phi) is 6.60. The van der Waals surface area contributed by atoms with Crippen LogP contribution in [0, 0.1) is 0 Å². The molecule has 0 aliphatic rings. The van der Waals surface area contributed by atoms with E-state index in [4.69, 9.17) is 5.73 Å². The number of anilines is 2. The Morgan fingerprint density at radius 2 is 1.17 bits per heavy atom. The summed E-state index contributed by atoms with van der Waals surface area (Å²) in [5.74, 6) is -2.20. The molecule has 3 aromatic rings. The minimum absolute atomic E-state index is 0.244. The lowest BCUT2D eigenvalue weighted by molar-refractivity contribution is -0.146. The molecule has 6 heteroatoms. The van der Waals surface area contributed by atoms with Gasteiger partial charge in [0, 0.05) is 25.7 Å². The van der Waals surface area contributed by atoms with Crippen molar-refractivity contribution in [2.45, 2.75) is 20.0 Å². The molecule has 6 nitrogen and oxygen atoms in total. The van der Waals surface area contributed by atoms with E-state index in [1.165, 1.54) is 11.8 Å². The molecule has 0 saturated heterocycles. The Bertz CT molecular complexity index is 977. The largest absolute Gasteiger partial charge is 0.399 e. The zero-order valence-electron chi connectivity index (χ0n) is 16.7. The fourth-order valence-electron chi connectivity index (χ4n) is 3.10. The zero-order valence-corrected chi connectivity index (χ0v) is 16.7. The van der Waals surface area contributed by atoms with Gasteiger partial charge in [-0.05, 0) is 35.4 Å². The smallest absolute Gasteiger partial charge is 0.323 e. The molecular formula is C24H23N3O3. The Hall–Kier alpha value is -3.93. The standard InChI is InChI=1S/C24H23N3O3/c1-18(28)27(22-14-12-21(25)13-15-22)24(30)23(29)26(16-19-8-4-2-5-9-19)17-20-10-6-3-7-11-20/h2-15H,16-17,25H2,1H3. The van der Waals surface area contributed by atoms with Gasteiger partial charge in [0.05, 0.1) is 5.69 Å². The maximum atomic E-state index is 13.2. The Morgan fingerprint density at radius 3 is 1.60 bits per heavy atom. The van der Waals surface area contributed by atoms with Crippen molar-refractivity contribution in [1.29, 1.82) is 0 Å². The average molecular weight is 401 g/mol. The molecule has 0 radical (unpaired) electrons. The van der Waals surface area contributed by atoms with Crippen LogP contribution >= 0.6 is 0 Å². The normalized spacial score (nSPS) is 10.3. The van der Waals surface area contributed by atoms with Crippen molar-refractivity contribution >= 4 is 29.1 Å².